The second-order valence-corrected chi connectivity index (χ2v) is 7.56. The average Bonchev–Trinajstić information content (AvgIpc) is 3.51. The molecule has 2 aromatic rings. The first kappa shape index (κ1) is 24.4. The Morgan fingerprint density at radius 2 is 1.83 bits per heavy atom. The summed E-state index contributed by atoms with van der Waals surface area (Å²) in [5, 5.41) is 9.70. The molecule has 0 radical (unpaired) electrons. The van der Waals surface area contributed by atoms with E-state index in [4.69, 9.17) is 11.6 Å². The van der Waals surface area contributed by atoms with Gasteiger partial charge in [-0.3, -0.25) is 9.79 Å². The van der Waals surface area contributed by atoms with Gasteiger partial charge in [0, 0.05) is 25.0 Å². The number of amides is 1. The molecule has 0 aromatic heterocycles. The minimum absolute atomic E-state index is 0. The molecular weight excluding hydrogens is 518 g/mol. The molecule has 1 aliphatic rings. The molecular formula is C22H27ClFIN4O. The number of guanidine groups is 1. The zero-order valence-electron chi connectivity index (χ0n) is 16.9. The zero-order valence-corrected chi connectivity index (χ0v) is 20.0. The largest absolute Gasteiger partial charge is 0.357 e. The normalized spacial score (nSPS) is 14.4. The van der Waals surface area contributed by atoms with Gasteiger partial charge >= 0.3 is 0 Å². The van der Waals surface area contributed by atoms with E-state index in [2.05, 4.69) is 20.9 Å². The van der Waals surface area contributed by atoms with Crippen LogP contribution in [0.25, 0.3) is 0 Å². The highest BCUT2D eigenvalue weighted by molar-refractivity contribution is 14.0. The highest BCUT2D eigenvalue weighted by atomic mass is 127. The van der Waals surface area contributed by atoms with Crippen LogP contribution in [0.1, 0.15) is 35.7 Å². The minimum Gasteiger partial charge on any atom is -0.357 e. The Kier molecular flexibility index (Phi) is 9.36. The molecule has 0 saturated heterocycles. The van der Waals surface area contributed by atoms with Crippen LogP contribution in [0.2, 0.25) is 5.02 Å². The molecule has 8 heteroatoms. The Hall–Kier alpha value is -1.87. The first-order chi connectivity index (χ1) is 14.0. The molecule has 0 heterocycles. The van der Waals surface area contributed by atoms with Crippen molar-refractivity contribution in [1.29, 1.82) is 0 Å². The standard InChI is InChI=1S/C22H26ClFN4O.HI/c1-2-25-21(27-13-12-26-20(29)18-8-3-4-9-19(18)23)28-15-22(10-11-22)16-6-5-7-17(24)14-16;/h3-9,14H,2,10-13,15H2,1H3,(H,26,29)(H2,25,27,28);1H. The maximum Gasteiger partial charge on any atom is 0.252 e. The fourth-order valence-corrected chi connectivity index (χ4v) is 3.40. The molecule has 3 rings (SSSR count). The van der Waals surface area contributed by atoms with Gasteiger partial charge in [0.1, 0.15) is 5.82 Å². The molecule has 1 aliphatic carbocycles. The van der Waals surface area contributed by atoms with Gasteiger partial charge in [-0.15, -0.1) is 24.0 Å². The van der Waals surface area contributed by atoms with Crippen LogP contribution >= 0.6 is 35.6 Å². The van der Waals surface area contributed by atoms with Gasteiger partial charge in [0.25, 0.3) is 5.91 Å². The summed E-state index contributed by atoms with van der Waals surface area (Å²) in [6, 6.07) is 13.7. The van der Waals surface area contributed by atoms with E-state index in [0.29, 0.717) is 36.2 Å². The highest BCUT2D eigenvalue weighted by Gasteiger charge is 2.44. The smallest absolute Gasteiger partial charge is 0.252 e. The number of benzene rings is 2. The van der Waals surface area contributed by atoms with Gasteiger partial charge in [-0.1, -0.05) is 35.9 Å². The molecule has 0 atom stereocenters. The second-order valence-electron chi connectivity index (χ2n) is 7.15. The van der Waals surface area contributed by atoms with Crippen LogP contribution in [0.4, 0.5) is 4.39 Å². The van der Waals surface area contributed by atoms with Crippen molar-refractivity contribution >= 4 is 47.4 Å². The molecule has 1 fully saturated rings. The maximum atomic E-state index is 13.6. The van der Waals surface area contributed by atoms with E-state index in [-0.39, 0.29) is 41.1 Å². The van der Waals surface area contributed by atoms with Crippen molar-refractivity contribution in [2.24, 2.45) is 4.99 Å². The number of carbonyl (C=O) groups is 1. The van der Waals surface area contributed by atoms with Crippen molar-refractivity contribution < 1.29 is 9.18 Å². The summed E-state index contributed by atoms with van der Waals surface area (Å²) in [5.74, 6) is 0.265. The lowest BCUT2D eigenvalue weighted by molar-refractivity contribution is 0.0954. The van der Waals surface area contributed by atoms with E-state index in [1.807, 2.05) is 13.0 Å². The van der Waals surface area contributed by atoms with E-state index in [1.165, 1.54) is 6.07 Å². The van der Waals surface area contributed by atoms with Gasteiger partial charge in [0.05, 0.1) is 17.1 Å². The predicted octanol–water partition coefficient (Wildman–Crippen LogP) is 4.11. The molecule has 0 bridgehead atoms. The third-order valence-corrected chi connectivity index (χ3v) is 5.33. The number of halogens is 3. The van der Waals surface area contributed by atoms with Crippen molar-refractivity contribution in [3.63, 3.8) is 0 Å². The summed E-state index contributed by atoms with van der Waals surface area (Å²) in [6.07, 6.45) is 2.01. The zero-order chi connectivity index (χ0) is 20.7. The maximum absolute atomic E-state index is 13.6. The number of hydrogen-bond donors (Lipinski definition) is 3. The Morgan fingerprint density at radius 1 is 1.10 bits per heavy atom. The Labute approximate surface area is 198 Å². The summed E-state index contributed by atoms with van der Waals surface area (Å²) in [6.45, 7) is 4.27. The van der Waals surface area contributed by atoms with E-state index < -0.39 is 0 Å². The average molecular weight is 545 g/mol. The van der Waals surface area contributed by atoms with Gasteiger partial charge in [-0.25, -0.2) is 4.39 Å². The van der Waals surface area contributed by atoms with Gasteiger partial charge in [-0.2, -0.15) is 0 Å². The Balaban J connectivity index is 0.00000320. The van der Waals surface area contributed by atoms with Crippen LogP contribution < -0.4 is 16.0 Å². The van der Waals surface area contributed by atoms with Crippen LogP contribution in [-0.2, 0) is 5.41 Å². The molecule has 0 aliphatic heterocycles. The molecule has 162 valence electrons. The fourth-order valence-electron chi connectivity index (χ4n) is 3.18. The molecule has 0 unspecified atom stereocenters. The van der Waals surface area contributed by atoms with Crippen LogP contribution in [0.3, 0.4) is 0 Å². The lowest BCUT2D eigenvalue weighted by Crippen LogP contribution is -2.42. The quantitative estimate of drug-likeness (QED) is 0.203. The van der Waals surface area contributed by atoms with Gasteiger partial charge in [0.2, 0.25) is 0 Å². The van der Waals surface area contributed by atoms with Gasteiger partial charge < -0.3 is 16.0 Å². The lowest BCUT2D eigenvalue weighted by atomic mass is 9.96. The summed E-state index contributed by atoms with van der Waals surface area (Å²) in [4.78, 5) is 16.9. The summed E-state index contributed by atoms with van der Waals surface area (Å²) in [5.41, 5.74) is 1.40. The molecule has 3 N–H and O–H groups in total. The first-order valence-electron chi connectivity index (χ1n) is 9.85. The van der Waals surface area contributed by atoms with Crippen LogP contribution in [0.15, 0.2) is 53.5 Å². The SMILES string of the molecule is CCNC(=NCC1(c2cccc(F)c2)CC1)NCCNC(=O)c1ccccc1Cl.I. The van der Waals surface area contributed by atoms with E-state index >= 15 is 0 Å². The third-order valence-electron chi connectivity index (χ3n) is 5.00. The van der Waals surface area contributed by atoms with E-state index in [1.54, 1.807) is 36.4 Å². The highest BCUT2D eigenvalue weighted by Crippen LogP contribution is 2.48. The van der Waals surface area contributed by atoms with E-state index in [9.17, 15) is 9.18 Å². The fraction of sp³-hybridized carbons (Fsp3) is 0.364. The molecule has 30 heavy (non-hydrogen) atoms. The van der Waals surface area contributed by atoms with Gasteiger partial charge in [-0.05, 0) is 49.6 Å². The molecule has 5 nitrogen and oxygen atoms in total. The number of nitrogens with zero attached hydrogens (tertiary/aromatic N) is 1. The second kappa shape index (κ2) is 11.5. The van der Waals surface area contributed by atoms with Crippen molar-refractivity contribution in [1.82, 2.24) is 16.0 Å². The van der Waals surface area contributed by atoms with Crippen LogP contribution in [-0.4, -0.2) is 38.0 Å². The van der Waals surface area contributed by atoms with Crippen molar-refractivity contribution in [2.45, 2.75) is 25.2 Å². The van der Waals surface area contributed by atoms with Crippen molar-refractivity contribution in [3.8, 4) is 0 Å². The Bertz CT molecular complexity index is 889. The molecule has 1 saturated carbocycles. The number of aliphatic imine (C=N–C) groups is 1. The monoisotopic (exact) mass is 544 g/mol. The third kappa shape index (κ3) is 6.57. The predicted molar refractivity (Wildman–Crippen MR) is 130 cm³/mol. The summed E-state index contributed by atoms with van der Waals surface area (Å²) >= 11 is 6.04. The molecule has 1 amide bonds. The van der Waals surface area contributed by atoms with Crippen LogP contribution in [0, 0.1) is 5.82 Å². The van der Waals surface area contributed by atoms with Crippen molar-refractivity contribution in [3.05, 3.63) is 70.5 Å². The minimum atomic E-state index is -0.211. The van der Waals surface area contributed by atoms with Crippen LogP contribution in [0.5, 0.6) is 0 Å². The molecule has 0 spiro atoms. The number of hydrogen-bond acceptors (Lipinski definition) is 2. The first-order valence-corrected chi connectivity index (χ1v) is 10.2. The molecule has 2 aromatic carbocycles. The summed E-state index contributed by atoms with van der Waals surface area (Å²) in [7, 11) is 0. The summed E-state index contributed by atoms with van der Waals surface area (Å²) < 4.78 is 13.6. The number of nitrogens with one attached hydrogen (secondary N) is 3. The van der Waals surface area contributed by atoms with E-state index in [0.717, 1.165) is 24.9 Å². The number of carbonyl (C=O) groups excluding carboxylic acids is 1. The Morgan fingerprint density at radius 3 is 2.50 bits per heavy atom. The number of rotatable bonds is 8. The lowest BCUT2D eigenvalue weighted by Gasteiger charge is -2.16. The van der Waals surface area contributed by atoms with Gasteiger partial charge in [0.15, 0.2) is 5.96 Å². The van der Waals surface area contributed by atoms with Crippen molar-refractivity contribution in [2.75, 3.05) is 26.2 Å². The topological polar surface area (TPSA) is 65.5 Å².